The molecule has 2 aromatic rings. The molecule has 202 valence electrons. The molecule has 1 aliphatic heterocycles. The largest absolute Gasteiger partial charge is 0.439 e. The van der Waals surface area contributed by atoms with E-state index in [4.69, 9.17) is 4.74 Å². The van der Waals surface area contributed by atoms with Gasteiger partial charge in [0, 0.05) is 24.9 Å². The number of hydrogen-bond acceptors (Lipinski definition) is 5. The van der Waals surface area contributed by atoms with Crippen LogP contribution < -0.4 is 4.74 Å². The summed E-state index contributed by atoms with van der Waals surface area (Å²) in [4.78, 5) is 31.5. The highest BCUT2D eigenvalue weighted by Gasteiger charge is 2.71. The number of hydrogen-bond donors (Lipinski definition) is 1. The Morgan fingerprint density at radius 2 is 1.65 bits per heavy atom. The zero-order valence-electron chi connectivity index (χ0n) is 20.4. The van der Waals surface area contributed by atoms with Gasteiger partial charge in [0.1, 0.15) is 11.3 Å². The van der Waals surface area contributed by atoms with Crippen LogP contribution in [0.5, 0.6) is 11.6 Å². The first-order chi connectivity index (χ1) is 16.9. The molecule has 0 saturated carbocycles. The lowest BCUT2D eigenvalue weighted by Gasteiger charge is -2.33. The van der Waals surface area contributed by atoms with E-state index in [1.807, 2.05) is 0 Å². The van der Waals surface area contributed by atoms with Gasteiger partial charge in [0.25, 0.3) is 11.5 Å². The first-order valence-electron chi connectivity index (χ1n) is 11.2. The lowest BCUT2D eigenvalue weighted by molar-refractivity contribution is -0.376. The fourth-order valence-corrected chi connectivity index (χ4v) is 3.88. The van der Waals surface area contributed by atoms with Gasteiger partial charge in [-0.25, -0.2) is 9.78 Å². The number of urea groups is 1. The Hall–Kier alpha value is -3.35. The van der Waals surface area contributed by atoms with E-state index in [9.17, 15) is 41.0 Å². The highest BCUT2D eigenvalue weighted by molar-refractivity contribution is 6.06. The average molecular weight is 533 g/mol. The molecule has 0 bridgehead atoms. The van der Waals surface area contributed by atoms with Gasteiger partial charge >= 0.3 is 18.4 Å². The number of aromatic nitrogens is 1. The summed E-state index contributed by atoms with van der Waals surface area (Å²) < 4.78 is 85.6. The Labute approximate surface area is 208 Å². The smallest absolute Gasteiger partial charge is 0.430 e. The van der Waals surface area contributed by atoms with Crippen molar-refractivity contribution in [2.45, 2.75) is 63.7 Å². The number of aryl methyl sites for hydroxylation is 1. The predicted octanol–water partition coefficient (Wildman–Crippen LogP) is 5.31. The van der Waals surface area contributed by atoms with Crippen LogP contribution in [-0.2, 0) is 23.4 Å². The molecule has 0 aliphatic carbocycles. The summed E-state index contributed by atoms with van der Waals surface area (Å²) in [5.74, 6) is -0.533. The molecular weight excluding hydrogens is 508 g/mol. The zero-order valence-corrected chi connectivity index (χ0v) is 20.4. The third kappa shape index (κ3) is 4.96. The standard InChI is InChI=1S/C24H25F6N3O4/c1-5-6-15-12-16(22(36,23(25,26)27)24(28,29)30)7-8-17(15)37-18-11-14(9-10-31-18)13-33-19(34)21(2,3)32(4)20(33)35/h7-12,36H,5-6,13H2,1-4H3. The number of carbonyl (C=O) groups excluding carboxylic acids is 2. The molecule has 0 spiro atoms. The van der Waals surface area contributed by atoms with Gasteiger partial charge in [-0.2, -0.15) is 26.3 Å². The molecule has 0 unspecified atom stereocenters. The number of carbonyl (C=O) groups is 2. The van der Waals surface area contributed by atoms with Gasteiger partial charge < -0.3 is 14.7 Å². The van der Waals surface area contributed by atoms with E-state index in [1.165, 1.54) is 30.3 Å². The van der Waals surface area contributed by atoms with Gasteiger partial charge in [0.05, 0.1) is 6.54 Å². The number of ether oxygens (including phenoxy) is 1. The highest BCUT2D eigenvalue weighted by atomic mass is 19.4. The Balaban J connectivity index is 1.92. The SMILES string of the molecule is CCCc1cc(C(O)(C(F)(F)F)C(F)(F)F)ccc1Oc1cc(CN2C(=O)N(C)C(C)(C)C2=O)ccn1. The van der Waals surface area contributed by atoms with Gasteiger partial charge in [0.2, 0.25) is 5.88 Å². The number of imide groups is 1. The number of aliphatic hydroxyl groups is 1. The second-order valence-corrected chi connectivity index (χ2v) is 9.17. The number of amides is 3. The minimum Gasteiger partial charge on any atom is -0.439 e. The van der Waals surface area contributed by atoms with Crippen molar-refractivity contribution in [2.24, 2.45) is 0 Å². The van der Waals surface area contributed by atoms with E-state index in [2.05, 4.69) is 4.98 Å². The average Bonchev–Trinajstić information content (AvgIpc) is 2.93. The lowest BCUT2D eigenvalue weighted by atomic mass is 9.90. The fourth-order valence-electron chi connectivity index (χ4n) is 3.88. The minimum absolute atomic E-state index is 0.00704. The number of halogens is 6. The van der Waals surface area contributed by atoms with Crippen molar-refractivity contribution in [2.75, 3.05) is 7.05 Å². The van der Waals surface area contributed by atoms with Crippen LogP contribution in [0, 0.1) is 0 Å². The van der Waals surface area contributed by atoms with Crippen molar-refractivity contribution in [3.8, 4) is 11.6 Å². The van der Waals surface area contributed by atoms with Crippen molar-refractivity contribution in [3.63, 3.8) is 0 Å². The first-order valence-corrected chi connectivity index (χ1v) is 11.2. The van der Waals surface area contributed by atoms with E-state index >= 15 is 0 Å². The Morgan fingerprint density at radius 3 is 2.16 bits per heavy atom. The minimum atomic E-state index is -6.01. The maximum atomic E-state index is 13.3. The van der Waals surface area contributed by atoms with Crippen LogP contribution in [0.15, 0.2) is 36.5 Å². The van der Waals surface area contributed by atoms with E-state index < -0.39 is 41.0 Å². The maximum absolute atomic E-state index is 13.3. The molecule has 1 saturated heterocycles. The van der Waals surface area contributed by atoms with Crippen molar-refractivity contribution < 1.29 is 45.8 Å². The highest BCUT2D eigenvalue weighted by Crippen LogP contribution is 2.50. The predicted molar refractivity (Wildman–Crippen MR) is 119 cm³/mol. The summed E-state index contributed by atoms with van der Waals surface area (Å²) in [6.45, 7) is 4.77. The number of rotatable bonds is 7. The molecule has 3 amide bonds. The first kappa shape index (κ1) is 28.2. The normalized spacial score (nSPS) is 16.5. The van der Waals surface area contributed by atoms with Crippen LogP contribution in [0.1, 0.15) is 43.9 Å². The van der Waals surface area contributed by atoms with E-state index in [0.717, 1.165) is 11.0 Å². The van der Waals surface area contributed by atoms with E-state index in [0.29, 0.717) is 24.1 Å². The fraction of sp³-hybridized carbons (Fsp3) is 0.458. The van der Waals surface area contributed by atoms with Crippen LogP contribution in [-0.4, -0.2) is 56.8 Å². The Bertz CT molecular complexity index is 1180. The van der Waals surface area contributed by atoms with Crippen molar-refractivity contribution in [1.29, 1.82) is 0 Å². The van der Waals surface area contributed by atoms with Gasteiger partial charge in [0.15, 0.2) is 0 Å². The summed E-state index contributed by atoms with van der Waals surface area (Å²) in [5.41, 5.74) is -7.03. The third-order valence-corrected chi connectivity index (χ3v) is 6.30. The Morgan fingerprint density at radius 1 is 1.03 bits per heavy atom. The molecule has 1 aromatic heterocycles. The molecular formula is C24H25F6N3O4. The number of pyridine rings is 1. The molecule has 1 aliphatic rings. The van der Waals surface area contributed by atoms with E-state index in [-0.39, 0.29) is 30.2 Å². The molecule has 2 heterocycles. The molecule has 0 radical (unpaired) electrons. The van der Waals surface area contributed by atoms with Crippen molar-refractivity contribution in [1.82, 2.24) is 14.8 Å². The molecule has 0 atom stereocenters. The molecule has 1 N–H and O–H groups in total. The van der Waals surface area contributed by atoms with Crippen LogP contribution >= 0.6 is 0 Å². The summed E-state index contributed by atoms with van der Waals surface area (Å²) in [5, 5.41) is 9.73. The third-order valence-electron chi connectivity index (χ3n) is 6.30. The lowest BCUT2D eigenvalue weighted by Crippen LogP contribution is -2.53. The number of nitrogens with zero attached hydrogens (tertiary/aromatic N) is 3. The molecule has 1 fully saturated rings. The molecule has 7 nitrogen and oxygen atoms in total. The van der Waals surface area contributed by atoms with Crippen LogP contribution in [0.25, 0.3) is 0 Å². The van der Waals surface area contributed by atoms with Crippen molar-refractivity contribution >= 4 is 11.9 Å². The second-order valence-electron chi connectivity index (χ2n) is 9.17. The van der Waals surface area contributed by atoms with Gasteiger partial charge in [-0.15, -0.1) is 0 Å². The van der Waals surface area contributed by atoms with Gasteiger partial charge in [-0.1, -0.05) is 19.4 Å². The molecule has 3 rings (SSSR count). The van der Waals surface area contributed by atoms with Gasteiger partial charge in [-0.3, -0.25) is 9.69 Å². The molecule has 1 aromatic carbocycles. The monoisotopic (exact) mass is 533 g/mol. The van der Waals surface area contributed by atoms with Crippen LogP contribution in [0.4, 0.5) is 31.1 Å². The van der Waals surface area contributed by atoms with E-state index in [1.54, 1.807) is 20.8 Å². The molecule has 37 heavy (non-hydrogen) atoms. The quantitative estimate of drug-likeness (QED) is 0.385. The van der Waals surface area contributed by atoms with Crippen LogP contribution in [0.3, 0.4) is 0 Å². The summed E-state index contributed by atoms with van der Waals surface area (Å²) in [7, 11) is 1.50. The number of benzene rings is 1. The topological polar surface area (TPSA) is 83.0 Å². The van der Waals surface area contributed by atoms with Gasteiger partial charge in [-0.05, 0) is 49.6 Å². The summed E-state index contributed by atoms with van der Waals surface area (Å²) in [6.07, 6.45) is -10.3. The number of alkyl halides is 6. The maximum Gasteiger partial charge on any atom is 0.430 e. The molecule has 13 heteroatoms. The summed E-state index contributed by atoms with van der Waals surface area (Å²) >= 11 is 0. The summed E-state index contributed by atoms with van der Waals surface area (Å²) in [6, 6.07) is 4.44. The second kappa shape index (κ2) is 9.51. The number of likely N-dealkylation sites (N-methyl/N-ethyl adjacent to an activating group) is 1. The Kier molecular flexibility index (Phi) is 7.25. The zero-order chi connectivity index (χ0) is 28.0. The van der Waals surface area contributed by atoms with Crippen LogP contribution in [0.2, 0.25) is 0 Å². The van der Waals surface area contributed by atoms with Crippen molar-refractivity contribution in [3.05, 3.63) is 53.2 Å².